The minimum Gasteiger partial charge on any atom is -0.407 e. The van der Waals surface area contributed by atoms with E-state index in [-0.39, 0.29) is 17.1 Å². The highest BCUT2D eigenvalue weighted by atomic mass is 16.6. The van der Waals surface area contributed by atoms with E-state index in [0.717, 1.165) is 64.2 Å². The Balaban J connectivity index is 1.94. The van der Waals surface area contributed by atoms with Crippen molar-refractivity contribution in [3.05, 3.63) is 162 Å². The Labute approximate surface area is 309 Å². The number of likely N-dealkylation sites (N-methyl/N-ethyl adjacent to an activating group) is 1. The molecule has 0 radical (unpaired) electrons. The molecule has 0 saturated carbocycles. The van der Waals surface area contributed by atoms with Crippen LogP contribution in [0.1, 0.15) is 80.2 Å². The van der Waals surface area contributed by atoms with Gasteiger partial charge in [0, 0.05) is 53.8 Å². The van der Waals surface area contributed by atoms with Crippen molar-refractivity contribution in [2.45, 2.75) is 86.3 Å². The van der Waals surface area contributed by atoms with Crippen molar-refractivity contribution in [1.29, 1.82) is 0 Å². The fourth-order valence-electron chi connectivity index (χ4n) is 6.56. The molecule has 2 aliphatic rings. The van der Waals surface area contributed by atoms with Gasteiger partial charge in [-0.2, -0.15) is 0 Å². The van der Waals surface area contributed by atoms with Gasteiger partial charge in [0.1, 0.15) is 0 Å². The number of anilines is 1. The zero-order chi connectivity index (χ0) is 37.0. The fraction of sp³-hybridized carbons (Fsp3) is 0.348. The Bertz CT molecular complexity index is 1740. The van der Waals surface area contributed by atoms with Gasteiger partial charge in [-0.1, -0.05) is 137 Å². The standard InChI is InChI=1S/C46H59BN2O2/c1-11-15-17-19-25-37(6)49(36(5)13-3)42-31-23-22-26-39(34-42)44(43(32-16-12-2)48(10)41-29-20-18-21-30-41)38-27-24-28-40(33-38)47-50-35-45(7,8)46(9,14-4)51-47/h11,13,15-24,26-34,42H,6,12,14,25,35H2,1-5,7-10H3/b15-11-,19-17?,32-16+,36-13+,44-43+. The van der Waals surface area contributed by atoms with E-state index in [1.807, 2.05) is 13.0 Å². The largest absolute Gasteiger partial charge is 0.494 e. The summed E-state index contributed by atoms with van der Waals surface area (Å²) in [7, 11) is 1.70. The maximum Gasteiger partial charge on any atom is 0.494 e. The molecule has 2 unspecified atom stereocenters. The average Bonchev–Trinajstić information content (AvgIpc) is 3.38. The molecule has 2 aromatic rings. The molecule has 5 heteroatoms. The Morgan fingerprint density at radius 1 is 1.00 bits per heavy atom. The molecule has 0 aromatic heterocycles. The smallest absolute Gasteiger partial charge is 0.407 e. The average molecular weight is 683 g/mol. The van der Waals surface area contributed by atoms with Gasteiger partial charge < -0.3 is 19.1 Å². The van der Waals surface area contributed by atoms with Crippen LogP contribution >= 0.6 is 0 Å². The van der Waals surface area contributed by atoms with Gasteiger partial charge in [-0.3, -0.25) is 0 Å². The second-order valence-corrected chi connectivity index (χ2v) is 14.2. The van der Waals surface area contributed by atoms with Gasteiger partial charge in [0.25, 0.3) is 0 Å². The summed E-state index contributed by atoms with van der Waals surface area (Å²) in [5, 5.41) is 0. The molecule has 1 fully saturated rings. The molecule has 2 aromatic carbocycles. The van der Waals surface area contributed by atoms with Crippen molar-refractivity contribution in [3.63, 3.8) is 0 Å². The van der Waals surface area contributed by atoms with Gasteiger partial charge in [0.2, 0.25) is 0 Å². The Hall–Kier alpha value is -4.32. The molecular weight excluding hydrogens is 623 g/mol. The summed E-state index contributed by atoms with van der Waals surface area (Å²) in [4.78, 5) is 4.64. The summed E-state index contributed by atoms with van der Waals surface area (Å²) in [6.45, 7) is 22.5. The highest BCUT2D eigenvalue weighted by Gasteiger charge is 2.48. The number of hydrogen-bond donors (Lipinski definition) is 0. The number of allylic oxidation sites excluding steroid dienone is 13. The number of para-hydroxylation sites is 1. The van der Waals surface area contributed by atoms with Crippen molar-refractivity contribution in [3.8, 4) is 0 Å². The molecule has 0 N–H and O–H groups in total. The molecule has 0 amide bonds. The van der Waals surface area contributed by atoms with E-state index in [1.54, 1.807) is 0 Å². The molecule has 0 spiro atoms. The molecule has 2 atom stereocenters. The van der Waals surface area contributed by atoms with Gasteiger partial charge in [-0.15, -0.1) is 0 Å². The van der Waals surface area contributed by atoms with Crippen molar-refractivity contribution >= 4 is 23.8 Å². The molecule has 51 heavy (non-hydrogen) atoms. The summed E-state index contributed by atoms with van der Waals surface area (Å²) in [6, 6.07) is 19.3. The van der Waals surface area contributed by atoms with Crippen molar-refractivity contribution < 1.29 is 9.31 Å². The van der Waals surface area contributed by atoms with E-state index in [9.17, 15) is 0 Å². The molecule has 4 rings (SSSR count). The molecule has 1 aliphatic carbocycles. The first kappa shape index (κ1) is 39.5. The van der Waals surface area contributed by atoms with E-state index in [0.29, 0.717) is 6.61 Å². The van der Waals surface area contributed by atoms with Crippen LogP contribution in [0, 0.1) is 5.41 Å². The monoisotopic (exact) mass is 682 g/mol. The van der Waals surface area contributed by atoms with Gasteiger partial charge in [-0.25, -0.2) is 0 Å². The van der Waals surface area contributed by atoms with Gasteiger partial charge in [-0.05, 0) is 81.4 Å². The van der Waals surface area contributed by atoms with Gasteiger partial charge in [0.15, 0.2) is 0 Å². The third-order valence-electron chi connectivity index (χ3n) is 10.4. The first-order valence-corrected chi connectivity index (χ1v) is 18.5. The second-order valence-electron chi connectivity index (χ2n) is 14.2. The summed E-state index contributed by atoms with van der Waals surface area (Å²) >= 11 is 0. The zero-order valence-electron chi connectivity index (χ0n) is 32.5. The van der Waals surface area contributed by atoms with E-state index in [2.05, 4.69) is 193 Å². The van der Waals surface area contributed by atoms with Crippen LogP contribution in [-0.2, 0) is 9.31 Å². The van der Waals surface area contributed by atoms with Crippen LogP contribution < -0.4 is 10.4 Å². The Kier molecular flexibility index (Phi) is 14.1. The van der Waals surface area contributed by atoms with Crippen LogP contribution in [0.3, 0.4) is 0 Å². The van der Waals surface area contributed by atoms with E-state index in [4.69, 9.17) is 9.31 Å². The van der Waals surface area contributed by atoms with E-state index in [1.165, 1.54) is 0 Å². The van der Waals surface area contributed by atoms with Crippen molar-refractivity contribution in [2.24, 2.45) is 5.41 Å². The van der Waals surface area contributed by atoms with Crippen molar-refractivity contribution in [2.75, 3.05) is 18.6 Å². The summed E-state index contributed by atoms with van der Waals surface area (Å²) in [5.41, 5.74) is 8.36. The summed E-state index contributed by atoms with van der Waals surface area (Å²) in [6.07, 6.45) is 28.8. The number of benzene rings is 2. The quantitative estimate of drug-likeness (QED) is 0.146. The lowest BCUT2D eigenvalue weighted by molar-refractivity contribution is -0.108. The van der Waals surface area contributed by atoms with Crippen molar-refractivity contribution in [1.82, 2.24) is 4.90 Å². The van der Waals surface area contributed by atoms with E-state index >= 15 is 0 Å². The lowest BCUT2D eigenvalue weighted by Crippen LogP contribution is -2.59. The molecular formula is C46H59BN2O2. The molecule has 268 valence electrons. The molecule has 0 bridgehead atoms. The number of rotatable bonds is 14. The zero-order valence-corrected chi connectivity index (χ0v) is 32.5. The predicted octanol–water partition coefficient (Wildman–Crippen LogP) is 11.1. The number of hydrogen-bond acceptors (Lipinski definition) is 4. The molecule has 1 aliphatic heterocycles. The third kappa shape index (κ3) is 9.52. The van der Waals surface area contributed by atoms with Gasteiger partial charge in [0.05, 0.1) is 11.6 Å². The third-order valence-corrected chi connectivity index (χ3v) is 10.4. The Morgan fingerprint density at radius 3 is 2.45 bits per heavy atom. The number of nitrogens with zero attached hydrogens (tertiary/aromatic N) is 2. The lowest BCUT2D eigenvalue weighted by atomic mass is 9.67. The first-order valence-electron chi connectivity index (χ1n) is 18.5. The fourth-order valence-corrected chi connectivity index (χ4v) is 6.56. The highest BCUT2D eigenvalue weighted by Crippen LogP contribution is 2.41. The van der Waals surface area contributed by atoms with Crippen LogP contribution in [0.25, 0.3) is 5.57 Å². The maximum atomic E-state index is 6.79. The van der Waals surface area contributed by atoms with Crippen LogP contribution in [0.5, 0.6) is 0 Å². The summed E-state index contributed by atoms with van der Waals surface area (Å²) < 4.78 is 13.2. The SMILES string of the molecule is C=C(CC=C/C=C\C)N(/C(C)=C/C)C1C=CC=CC(/C(=C(\C=C\CC)N(C)c2ccccc2)c2cccc(B3OCC(C)(C)C(C)(CC)O3)c2)=C1. The minimum atomic E-state index is -0.453. The van der Waals surface area contributed by atoms with Crippen LogP contribution in [0.15, 0.2) is 157 Å². The van der Waals surface area contributed by atoms with Crippen LogP contribution in [-0.4, -0.2) is 37.3 Å². The molecule has 1 saturated heterocycles. The molecule has 4 nitrogen and oxygen atoms in total. The topological polar surface area (TPSA) is 24.9 Å². The Morgan fingerprint density at radius 2 is 1.76 bits per heavy atom. The summed E-state index contributed by atoms with van der Waals surface area (Å²) in [5.74, 6) is 0. The van der Waals surface area contributed by atoms with E-state index < -0.39 is 7.12 Å². The van der Waals surface area contributed by atoms with Crippen LogP contribution in [0.4, 0.5) is 5.69 Å². The minimum absolute atomic E-state index is 0.0528. The highest BCUT2D eigenvalue weighted by molar-refractivity contribution is 6.61. The maximum absolute atomic E-state index is 6.79. The first-order chi connectivity index (χ1) is 24.5. The molecule has 1 heterocycles. The second kappa shape index (κ2) is 18.3. The van der Waals surface area contributed by atoms with Crippen LogP contribution in [0.2, 0.25) is 0 Å². The lowest BCUT2D eigenvalue weighted by Gasteiger charge is -2.49. The normalized spacial score (nSPS) is 21.3. The van der Waals surface area contributed by atoms with Gasteiger partial charge >= 0.3 is 7.12 Å². The predicted molar refractivity (Wildman–Crippen MR) is 222 cm³/mol.